The molecule has 0 aliphatic carbocycles. The third-order valence-electron chi connectivity index (χ3n) is 3.90. The number of ether oxygens (including phenoxy) is 1. The summed E-state index contributed by atoms with van der Waals surface area (Å²) in [4.78, 5) is 4.09. The number of aliphatic hydroxyl groups is 1. The fourth-order valence-electron chi connectivity index (χ4n) is 2.58. The summed E-state index contributed by atoms with van der Waals surface area (Å²) in [5.74, 6) is 2.13. The molecule has 23 heavy (non-hydrogen) atoms. The van der Waals surface area contributed by atoms with E-state index >= 15 is 0 Å². The Balaban J connectivity index is 1.41. The van der Waals surface area contributed by atoms with Crippen molar-refractivity contribution in [1.29, 1.82) is 0 Å². The highest BCUT2D eigenvalue weighted by atomic mass is 16.5. The molecule has 0 saturated carbocycles. The molecule has 2 heterocycles. The van der Waals surface area contributed by atoms with Gasteiger partial charge in [0.1, 0.15) is 5.75 Å². The van der Waals surface area contributed by atoms with Crippen molar-refractivity contribution >= 4 is 0 Å². The molecule has 0 spiro atoms. The second kappa shape index (κ2) is 7.54. The quantitative estimate of drug-likeness (QED) is 0.689. The third kappa shape index (κ3) is 4.51. The molecule has 0 radical (unpaired) electrons. The fraction of sp³-hybridized carbons (Fsp3) is 0.500. The highest BCUT2D eigenvalue weighted by Crippen LogP contribution is 2.14. The Morgan fingerprint density at radius 3 is 2.83 bits per heavy atom. The maximum atomic E-state index is 9.74. The summed E-state index contributed by atoms with van der Waals surface area (Å²) in [5, 5.41) is 20.1. The average molecular weight is 318 g/mol. The Bertz CT molecular complexity index is 614. The SMILES string of the molecule is Cc1nc(COc2ccc(CNCC3CNCC3O)cc2)no1. The lowest BCUT2D eigenvalue weighted by atomic mass is 10.1. The van der Waals surface area contributed by atoms with E-state index in [1.54, 1.807) is 6.92 Å². The minimum absolute atomic E-state index is 0.243. The number of aliphatic hydroxyl groups excluding tert-OH is 1. The molecule has 124 valence electrons. The van der Waals surface area contributed by atoms with Gasteiger partial charge in [0.25, 0.3) is 0 Å². The van der Waals surface area contributed by atoms with Crippen molar-refractivity contribution in [2.24, 2.45) is 5.92 Å². The topological polar surface area (TPSA) is 92.4 Å². The van der Waals surface area contributed by atoms with Crippen molar-refractivity contribution in [3.05, 3.63) is 41.5 Å². The Labute approximate surface area is 135 Å². The third-order valence-corrected chi connectivity index (χ3v) is 3.90. The van der Waals surface area contributed by atoms with Crippen molar-refractivity contribution in [2.45, 2.75) is 26.2 Å². The second-order valence-corrected chi connectivity index (χ2v) is 5.78. The number of nitrogens with zero attached hydrogens (tertiary/aromatic N) is 2. The number of rotatable bonds is 7. The predicted molar refractivity (Wildman–Crippen MR) is 83.9 cm³/mol. The molecule has 0 amide bonds. The Morgan fingerprint density at radius 2 is 2.17 bits per heavy atom. The van der Waals surface area contributed by atoms with Crippen LogP contribution in [-0.2, 0) is 13.2 Å². The molecule has 3 N–H and O–H groups in total. The number of aromatic nitrogens is 2. The molecule has 7 heteroatoms. The summed E-state index contributed by atoms with van der Waals surface area (Å²) >= 11 is 0. The summed E-state index contributed by atoms with van der Waals surface area (Å²) in [6.45, 7) is 5.19. The second-order valence-electron chi connectivity index (χ2n) is 5.78. The zero-order valence-electron chi connectivity index (χ0n) is 13.2. The molecule has 3 rings (SSSR count). The van der Waals surface area contributed by atoms with E-state index in [0.717, 1.165) is 25.4 Å². The highest BCUT2D eigenvalue weighted by Gasteiger charge is 2.23. The van der Waals surface area contributed by atoms with Crippen LogP contribution in [0.15, 0.2) is 28.8 Å². The Morgan fingerprint density at radius 1 is 1.35 bits per heavy atom. The molecule has 1 aromatic carbocycles. The van der Waals surface area contributed by atoms with Crippen LogP contribution in [0.5, 0.6) is 5.75 Å². The lowest BCUT2D eigenvalue weighted by molar-refractivity contribution is 0.146. The van der Waals surface area contributed by atoms with Crippen LogP contribution in [0.3, 0.4) is 0 Å². The minimum Gasteiger partial charge on any atom is -0.485 e. The minimum atomic E-state index is -0.243. The van der Waals surface area contributed by atoms with Crippen LogP contribution in [0.25, 0.3) is 0 Å². The molecular formula is C16H22N4O3. The van der Waals surface area contributed by atoms with E-state index in [2.05, 4.69) is 20.8 Å². The van der Waals surface area contributed by atoms with Crippen molar-refractivity contribution < 1.29 is 14.4 Å². The lowest BCUT2D eigenvalue weighted by Crippen LogP contribution is -2.30. The molecule has 1 aliphatic rings. The first-order valence-electron chi connectivity index (χ1n) is 7.81. The zero-order chi connectivity index (χ0) is 16.1. The van der Waals surface area contributed by atoms with Gasteiger partial charge >= 0.3 is 0 Å². The van der Waals surface area contributed by atoms with Gasteiger partial charge in [-0.3, -0.25) is 0 Å². The maximum absolute atomic E-state index is 9.74. The largest absolute Gasteiger partial charge is 0.485 e. The van der Waals surface area contributed by atoms with Crippen LogP contribution >= 0.6 is 0 Å². The van der Waals surface area contributed by atoms with E-state index in [0.29, 0.717) is 24.9 Å². The summed E-state index contributed by atoms with van der Waals surface area (Å²) < 4.78 is 10.5. The molecule has 2 aromatic rings. The van der Waals surface area contributed by atoms with Gasteiger partial charge in [-0.25, -0.2) is 0 Å². The number of β-amino-alcohol motifs (C(OH)–C–C–N with tert-alkyl or cyclic N) is 1. The molecule has 7 nitrogen and oxygen atoms in total. The van der Waals surface area contributed by atoms with Gasteiger partial charge < -0.3 is 25.0 Å². The van der Waals surface area contributed by atoms with Crippen molar-refractivity contribution in [1.82, 2.24) is 20.8 Å². The van der Waals surface area contributed by atoms with E-state index in [-0.39, 0.29) is 12.0 Å². The van der Waals surface area contributed by atoms with E-state index in [9.17, 15) is 5.11 Å². The fourth-order valence-corrected chi connectivity index (χ4v) is 2.58. The van der Waals surface area contributed by atoms with Crippen LogP contribution < -0.4 is 15.4 Å². The van der Waals surface area contributed by atoms with Gasteiger partial charge in [-0.05, 0) is 17.7 Å². The van der Waals surface area contributed by atoms with Gasteiger partial charge in [0.15, 0.2) is 6.61 Å². The Hall–Kier alpha value is -1.96. The molecule has 2 unspecified atom stereocenters. The normalized spacial score (nSPS) is 20.8. The van der Waals surface area contributed by atoms with E-state index in [1.165, 1.54) is 5.56 Å². The van der Waals surface area contributed by atoms with Crippen molar-refractivity contribution in [3.63, 3.8) is 0 Å². The highest BCUT2D eigenvalue weighted by molar-refractivity contribution is 5.27. The molecule has 1 fully saturated rings. The number of hydrogen-bond donors (Lipinski definition) is 3. The predicted octanol–water partition coefficient (Wildman–Crippen LogP) is 0.627. The first-order valence-corrected chi connectivity index (χ1v) is 7.81. The van der Waals surface area contributed by atoms with Crippen LogP contribution in [0.4, 0.5) is 0 Å². The first-order chi connectivity index (χ1) is 11.2. The van der Waals surface area contributed by atoms with Gasteiger partial charge in [0, 0.05) is 39.0 Å². The van der Waals surface area contributed by atoms with Crippen LogP contribution in [-0.4, -0.2) is 41.0 Å². The molecule has 2 atom stereocenters. The summed E-state index contributed by atoms with van der Waals surface area (Å²) in [5.41, 5.74) is 1.17. The summed E-state index contributed by atoms with van der Waals surface area (Å²) in [7, 11) is 0. The van der Waals surface area contributed by atoms with Crippen molar-refractivity contribution in [3.8, 4) is 5.75 Å². The molecular weight excluding hydrogens is 296 g/mol. The molecule has 1 aliphatic heterocycles. The monoisotopic (exact) mass is 318 g/mol. The van der Waals surface area contributed by atoms with E-state index in [4.69, 9.17) is 9.26 Å². The standard InChI is InChI=1S/C16H22N4O3/c1-11-19-16(20-23-11)10-22-14-4-2-12(3-5-14)6-17-7-13-8-18-9-15(13)21/h2-5,13,15,17-18,21H,6-10H2,1H3. The number of benzene rings is 1. The summed E-state index contributed by atoms with van der Waals surface area (Å²) in [6, 6.07) is 7.89. The van der Waals surface area contributed by atoms with E-state index < -0.39 is 0 Å². The van der Waals surface area contributed by atoms with Gasteiger partial charge in [0.05, 0.1) is 6.10 Å². The number of nitrogens with one attached hydrogen (secondary N) is 2. The summed E-state index contributed by atoms with van der Waals surface area (Å²) in [6.07, 6.45) is -0.243. The smallest absolute Gasteiger partial charge is 0.223 e. The molecule has 1 aromatic heterocycles. The van der Waals surface area contributed by atoms with Crippen LogP contribution in [0.2, 0.25) is 0 Å². The maximum Gasteiger partial charge on any atom is 0.223 e. The Kier molecular flexibility index (Phi) is 5.22. The van der Waals surface area contributed by atoms with Crippen LogP contribution in [0.1, 0.15) is 17.3 Å². The number of aryl methyl sites for hydroxylation is 1. The van der Waals surface area contributed by atoms with Gasteiger partial charge in [-0.15, -0.1) is 0 Å². The van der Waals surface area contributed by atoms with Gasteiger partial charge in [-0.1, -0.05) is 17.3 Å². The number of hydrogen-bond acceptors (Lipinski definition) is 7. The van der Waals surface area contributed by atoms with Gasteiger partial charge in [-0.2, -0.15) is 4.98 Å². The van der Waals surface area contributed by atoms with Crippen LogP contribution in [0, 0.1) is 12.8 Å². The molecule has 1 saturated heterocycles. The van der Waals surface area contributed by atoms with Gasteiger partial charge in [0.2, 0.25) is 11.7 Å². The average Bonchev–Trinajstić information content (AvgIpc) is 3.15. The van der Waals surface area contributed by atoms with E-state index in [1.807, 2.05) is 24.3 Å². The molecule has 0 bridgehead atoms. The van der Waals surface area contributed by atoms with Crippen molar-refractivity contribution in [2.75, 3.05) is 19.6 Å². The lowest BCUT2D eigenvalue weighted by Gasteiger charge is -2.14. The first kappa shape index (κ1) is 15.9. The zero-order valence-corrected chi connectivity index (χ0v) is 13.2.